The van der Waals surface area contributed by atoms with Crippen LogP contribution in [0.25, 0.3) is 16.6 Å². The molecule has 3 aromatic heterocycles. The van der Waals surface area contributed by atoms with Crippen molar-refractivity contribution in [3.05, 3.63) is 114 Å². The first-order chi connectivity index (χ1) is 24.3. The Bertz CT molecular complexity index is 1950. The standard InChI is InChI=1S/C39H42FN7O3/c1-25-22-46(23-26(2)42-25)24-27-7-5-8-28(17-27)29-9-6-11-34(18-29)50-39-35(19-30(40)21-41-39)37(48)43-31-12-14-32(15-13-31)44-38(49)36-20-33-10-3-4-16-47(33)45-36/h3-11,16-21,25-26,31-32,42H,12-15,22-24H2,1-2H3,(H,43,48)(H,44,49)/t25-,26+,31-,32+. The van der Waals surface area contributed by atoms with E-state index in [1.807, 2.05) is 36.4 Å². The Hall–Kier alpha value is -5.13. The number of pyridine rings is 2. The van der Waals surface area contributed by atoms with Crippen LogP contribution in [0.15, 0.2) is 91.3 Å². The smallest absolute Gasteiger partial charge is 0.272 e. The number of piperazine rings is 1. The molecule has 50 heavy (non-hydrogen) atoms. The maximum Gasteiger partial charge on any atom is 0.272 e. The van der Waals surface area contributed by atoms with Gasteiger partial charge in [-0.15, -0.1) is 0 Å². The average Bonchev–Trinajstić information content (AvgIpc) is 3.55. The number of benzene rings is 2. The van der Waals surface area contributed by atoms with Gasteiger partial charge in [-0.2, -0.15) is 5.10 Å². The van der Waals surface area contributed by atoms with Crippen LogP contribution in [0.1, 0.15) is 65.9 Å². The number of hydrogen-bond donors (Lipinski definition) is 3. The molecule has 7 rings (SSSR count). The van der Waals surface area contributed by atoms with Crippen molar-refractivity contribution in [3.63, 3.8) is 0 Å². The number of rotatable bonds is 9. The molecule has 1 aliphatic carbocycles. The molecule has 2 fully saturated rings. The van der Waals surface area contributed by atoms with Crippen LogP contribution in [0, 0.1) is 5.82 Å². The molecule has 1 saturated carbocycles. The van der Waals surface area contributed by atoms with E-state index >= 15 is 0 Å². The molecule has 0 radical (unpaired) electrons. The second-order valence-electron chi connectivity index (χ2n) is 13.6. The van der Waals surface area contributed by atoms with Gasteiger partial charge in [0, 0.05) is 50.0 Å². The first-order valence-electron chi connectivity index (χ1n) is 17.3. The molecule has 1 aliphatic heterocycles. The van der Waals surface area contributed by atoms with Gasteiger partial charge in [0.25, 0.3) is 11.8 Å². The second-order valence-corrected chi connectivity index (χ2v) is 13.6. The summed E-state index contributed by atoms with van der Waals surface area (Å²) in [6, 6.07) is 25.4. The van der Waals surface area contributed by atoms with E-state index in [1.54, 1.807) is 22.8 Å². The van der Waals surface area contributed by atoms with E-state index in [0.29, 0.717) is 49.2 Å². The second kappa shape index (κ2) is 14.8. The molecule has 2 aliphatic rings. The summed E-state index contributed by atoms with van der Waals surface area (Å²) < 4.78 is 22.2. The number of nitrogens with one attached hydrogen (secondary N) is 3. The van der Waals surface area contributed by atoms with Gasteiger partial charge < -0.3 is 20.7 Å². The molecule has 5 aromatic rings. The van der Waals surface area contributed by atoms with E-state index < -0.39 is 11.7 Å². The molecular weight excluding hydrogens is 633 g/mol. The summed E-state index contributed by atoms with van der Waals surface area (Å²) in [5.41, 5.74) is 4.50. The molecule has 2 amide bonds. The molecule has 11 heteroatoms. The van der Waals surface area contributed by atoms with Gasteiger partial charge in [-0.05, 0) is 98.7 Å². The topological polar surface area (TPSA) is 113 Å². The highest BCUT2D eigenvalue weighted by Crippen LogP contribution is 2.30. The molecule has 0 unspecified atom stereocenters. The Morgan fingerprint density at radius 2 is 1.56 bits per heavy atom. The van der Waals surface area contributed by atoms with Crippen molar-refractivity contribution in [1.29, 1.82) is 0 Å². The highest BCUT2D eigenvalue weighted by molar-refractivity contribution is 5.96. The van der Waals surface area contributed by atoms with Crippen LogP contribution >= 0.6 is 0 Å². The molecule has 0 spiro atoms. The summed E-state index contributed by atoms with van der Waals surface area (Å²) in [7, 11) is 0. The SMILES string of the molecule is C[C@@H]1CN(Cc2cccc(-c3cccc(Oc4ncc(F)cc4C(=O)N[C@H]4CC[C@@H](NC(=O)c5cc6ccccn6n5)CC4)c3)c2)C[C@H](C)N1. The number of carbonyl (C=O) groups excluding carboxylic acids is 2. The lowest BCUT2D eigenvalue weighted by molar-refractivity contribution is 0.0887. The van der Waals surface area contributed by atoms with Crippen LogP contribution in [0.3, 0.4) is 0 Å². The zero-order valence-corrected chi connectivity index (χ0v) is 28.3. The van der Waals surface area contributed by atoms with E-state index in [9.17, 15) is 14.0 Å². The molecule has 258 valence electrons. The number of carbonyl (C=O) groups is 2. The molecule has 1 saturated heterocycles. The predicted molar refractivity (Wildman–Crippen MR) is 190 cm³/mol. The summed E-state index contributed by atoms with van der Waals surface area (Å²) in [6.07, 6.45) is 5.56. The summed E-state index contributed by atoms with van der Waals surface area (Å²) in [6.45, 7) is 7.31. The molecule has 2 atom stereocenters. The maximum atomic E-state index is 14.4. The third-order valence-electron chi connectivity index (χ3n) is 9.41. The zero-order valence-electron chi connectivity index (χ0n) is 28.3. The Kier molecular flexibility index (Phi) is 9.86. The summed E-state index contributed by atoms with van der Waals surface area (Å²) >= 11 is 0. The molecule has 10 nitrogen and oxygen atoms in total. The Morgan fingerprint density at radius 3 is 2.30 bits per heavy atom. The number of aromatic nitrogens is 3. The van der Waals surface area contributed by atoms with Gasteiger partial charge in [0.2, 0.25) is 5.88 Å². The predicted octanol–water partition coefficient (Wildman–Crippen LogP) is 5.98. The van der Waals surface area contributed by atoms with Crippen molar-refractivity contribution in [2.45, 2.75) is 70.2 Å². The van der Waals surface area contributed by atoms with Crippen molar-refractivity contribution < 1.29 is 18.7 Å². The number of halogens is 1. The average molecular weight is 676 g/mol. The highest BCUT2D eigenvalue weighted by atomic mass is 19.1. The van der Waals surface area contributed by atoms with Crippen molar-refractivity contribution in [1.82, 2.24) is 35.4 Å². The Balaban J connectivity index is 0.970. The van der Waals surface area contributed by atoms with E-state index in [1.165, 1.54) is 5.56 Å². The minimum absolute atomic E-state index is 0.0270. The summed E-state index contributed by atoms with van der Waals surface area (Å²) in [5, 5.41) is 14.0. The van der Waals surface area contributed by atoms with Gasteiger partial charge in [-0.25, -0.2) is 13.9 Å². The fourth-order valence-electron chi connectivity index (χ4n) is 7.15. The molecular formula is C39H42FN7O3. The van der Waals surface area contributed by atoms with Crippen molar-refractivity contribution >= 4 is 17.3 Å². The van der Waals surface area contributed by atoms with Crippen LogP contribution in [-0.2, 0) is 6.54 Å². The highest BCUT2D eigenvalue weighted by Gasteiger charge is 2.27. The number of ether oxygens (including phenoxy) is 1. The van der Waals surface area contributed by atoms with Crippen LogP contribution in [-0.4, -0.2) is 68.6 Å². The normalized spacial score (nSPS) is 21.1. The van der Waals surface area contributed by atoms with Gasteiger partial charge in [0.15, 0.2) is 5.69 Å². The maximum absolute atomic E-state index is 14.4. The third-order valence-corrected chi connectivity index (χ3v) is 9.41. The van der Waals surface area contributed by atoms with E-state index in [4.69, 9.17) is 4.74 Å². The summed E-state index contributed by atoms with van der Waals surface area (Å²) in [4.78, 5) is 32.9. The van der Waals surface area contributed by atoms with Gasteiger partial charge in [-0.3, -0.25) is 14.5 Å². The minimum Gasteiger partial charge on any atom is -0.438 e. The van der Waals surface area contributed by atoms with Gasteiger partial charge in [0.1, 0.15) is 17.1 Å². The van der Waals surface area contributed by atoms with Gasteiger partial charge in [-0.1, -0.05) is 36.4 Å². The van der Waals surface area contributed by atoms with Gasteiger partial charge in [0.05, 0.1) is 11.7 Å². The lowest BCUT2D eigenvalue weighted by Crippen LogP contribution is -2.53. The largest absolute Gasteiger partial charge is 0.438 e. The molecule has 4 heterocycles. The Labute approximate surface area is 291 Å². The summed E-state index contributed by atoms with van der Waals surface area (Å²) in [5.74, 6) is -0.771. The first-order valence-corrected chi connectivity index (χ1v) is 17.3. The van der Waals surface area contributed by atoms with E-state index in [-0.39, 0.29) is 29.4 Å². The lowest BCUT2D eigenvalue weighted by Gasteiger charge is -2.36. The number of hydrogen-bond acceptors (Lipinski definition) is 7. The first kappa shape index (κ1) is 33.4. The zero-order chi connectivity index (χ0) is 34.6. The van der Waals surface area contributed by atoms with Crippen molar-refractivity contribution in [2.24, 2.45) is 0 Å². The van der Waals surface area contributed by atoms with Crippen LogP contribution in [0.2, 0.25) is 0 Å². The van der Waals surface area contributed by atoms with Crippen molar-refractivity contribution in [2.75, 3.05) is 13.1 Å². The molecule has 3 N–H and O–H groups in total. The number of nitrogens with zero attached hydrogens (tertiary/aromatic N) is 4. The molecule has 2 aromatic carbocycles. The third kappa shape index (κ3) is 8.01. The number of fused-ring (bicyclic) bond motifs is 1. The Morgan fingerprint density at radius 1 is 0.860 bits per heavy atom. The minimum atomic E-state index is -0.625. The molecule has 0 bridgehead atoms. The van der Waals surface area contributed by atoms with Crippen LogP contribution in [0.4, 0.5) is 4.39 Å². The van der Waals surface area contributed by atoms with Crippen LogP contribution in [0.5, 0.6) is 11.6 Å². The quantitative estimate of drug-likeness (QED) is 0.176. The van der Waals surface area contributed by atoms with E-state index in [0.717, 1.165) is 48.5 Å². The number of amides is 2. The van der Waals surface area contributed by atoms with E-state index in [2.05, 4.69) is 69.0 Å². The fraction of sp³-hybridized carbons (Fsp3) is 0.333. The van der Waals surface area contributed by atoms with Gasteiger partial charge >= 0.3 is 0 Å². The monoisotopic (exact) mass is 675 g/mol. The van der Waals surface area contributed by atoms with Crippen molar-refractivity contribution in [3.8, 4) is 22.8 Å². The lowest BCUT2D eigenvalue weighted by atomic mass is 9.91. The van der Waals surface area contributed by atoms with Crippen LogP contribution < -0.4 is 20.7 Å². The fourth-order valence-corrected chi connectivity index (χ4v) is 7.15.